The molecule has 3 saturated carbocycles. The van der Waals surface area contributed by atoms with Gasteiger partial charge in [0.05, 0.1) is 0 Å². The van der Waals surface area contributed by atoms with Crippen molar-refractivity contribution in [2.24, 2.45) is 34.5 Å². The Hall–Kier alpha value is -1.47. The number of ketones is 2. The number of fused-ring (bicyclic) bond motifs is 5. The molecule has 0 aromatic rings. The van der Waals surface area contributed by atoms with Gasteiger partial charge in [-0.1, -0.05) is 24.3 Å². The Morgan fingerprint density at radius 1 is 1.16 bits per heavy atom. The van der Waals surface area contributed by atoms with Gasteiger partial charge in [0.15, 0.2) is 16.7 Å². The molecule has 1 unspecified atom stereocenters. The molecule has 32 heavy (non-hydrogen) atoms. The van der Waals surface area contributed by atoms with Crippen LogP contribution in [0.3, 0.4) is 0 Å². The number of thioether (sulfide) groups is 1. The molecular formula is C25H34O6S. The molecule has 176 valence electrons. The maximum absolute atomic E-state index is 12.6. The van der Waals surface area contributed by atoms with E-state index in [0.717, 1.165) is 31.3 Å². The highest BCUT2D eigenvalue weighted by atomic mass is 32.2. The predicted molar refractivity (Wildman–Crippen MR) is 121 cm³/mol. The zero-order valence-electron chi connectivity index (χ0n) is 19.2. The highest BCUT2D eigenvalue weighted by Crippen LogP contribution is 2.68. The molecule has 0 aromatic heterocycles. The van der Waals surface area contributed by atoms with Crippen molar-refractivity contribution >= 4 is 34.4 Å². The number of hydrogen-bond donors (Lipinski definition) is 1. The van der Waals surface area contributed by atoms with E-state index in [1.54, 1.807) is 13.0 Å². The summed E-state index contributed by atoms with van der Waals surface area (Å²) in [6.45, 7) is 5.07. The van der Waals surface area contributed by atoms with Gasteiger partial charge in [-0.3, -0.25) is 19.2 Å². The lowest BCUT2D eigenvalue weighted by Gasteiger charge is -2.60. The van der Waals surface area contributed by atoms with E-state index in [0.29, 0.717) is 19.3 Å². The molecule has 0 radical (unpaired) electrons. The second kappa shape index (κ2) is 8.71. The highest BCUT2D eigenvalue weighted by Gasteiger charge is 2.63. The minimum Gasteiger partial charge on any atom is -0.465 e. The number of rotatable bonds is 5. The van der Waals surface area contributed by atoms with Crippen molar-refractivity contribution in [2.45, 2.75) is 71.0 Å². The van der Waals surface area contributed by atoms with Crippen LogP contribution in [0.15, 0.2) is 11.6 Å². The molecule has 0 aromatic carbocycles. The first kappa shape index (κ1) is 23.7. The summed E-state index contributed by atoms with van der Waals surface area (Å²) in [4.78, 5) is 48.9. The van der Waals surface area contributed by atoms with Gasteiger partial charge in [0, 0.05) is 36.9 Å². The standard InChI is InChI=1S/C25H34O6S/c1-14(27)31-13-25-9-6-17(29)10-16(25)11-22(32-15(2)28)23-19-5-4-18(21(30)12-26)24(19,3)8-7-20(23)25/h10,18-20,22-23,26H,4-9,11-13H2,1-3H3/t18-,19+,20+,22?,23+,24-,25-/m1/s1. The van der Waals surface area contributed by atoms with E-state index in [-0.39, 0.29) is 69.0 Å². The van der Waals surface area contributed by atoms with Crippen LogP contribution in [0.2, 0.25) is 0 Å². The molecule has 0 aliphatic heterocycles. The fourth-order valence-electron chi connectivity index (χ4n) is 7.79. The van der Waals surface area contributed by atoms with Crippen LogP contribution in [0.5, 0.6) is 0 Å². The summed E-state index contributed by atoms with van der Waals surface area (Å²) in [5.41, 5.74) is 0.489. The monoisotopic (exact) mass is 462 g/mol. The summed E-state index contributed by atoms with van der Waals surface area (Å²) in [7, 11) is 0. The molecule has 0 amide bonds. The summed E-state index contributed by atoms with van der Waals surface area (Å²) in [6, 6.07) is 0. The van der Waals surface area contributed by atoms with Crippen LogP contribution in [-0.2, 0) is 23.9 Å². The van der Waals surface area contributed by atoms with Crippen molar-refractivity contribution in [1.29, 1.82) is 0 Å². The van der Waals surface area contributed by atoms with Crippen molar-refractivity contribution in [3.05, 3.63) is 11.6 Å². The quantitative estimate of drug-likeness (QED) is 0.625. The highest BCUT2D eigenvalue weighted by molar-refractivity contribution is 8.14. The first-order valence-electron chi connectivity index (χ1n) is 11.8. The zero-order chi connectivity index (χ0) is 23.3. The fraction of sp³-hybridized carbons (Fsp3) is 0.760. The molecular weight excluding hydrogens is 428 g/mol. The third kappa shape index (κ3) is 3.79. The summed E-state index contributed by atoms with van der Waals surface area (Å²) in [5.74, 6) is 0.259. The van der Waals surface area contributed by atoms with Crippen molar-refractivity contribution < 1.29 is 29.0 Å². The number of aliphatic hydroxyl groups excluding tert-OH is 1. The van der Waals surface area contributed by atoms with Crippen LogP contribution in [0.4, 0.5) is 0 Å². The second-order valence-corrected chi connectivity index (χ2v) is 11.9. The topological polar surface area (TPSA) is 97.7 Å². The molecule has 4 aliphatic rings. The minimum atomic E-state index is -0.419. The molecule has 0 bridgehead atoms. The molecule has 1 N–H and O–H groups in total. The van der Waals surface area contributed by atoms with Crippen molar-refractivity contribution in [2.75, 3.05) is 13.2 Å². The molecule has 3 fully saturated rings. The van der Waals surface area contributed by atoms with Gasteiger partial charge in [-0.25, -0.2) is 0 Å². The Kier molecular flexibility index (Phi) is 6.45. The number of ether oxygens (including phenoxy) is 1. The lowest BCUT2D eigenvalue weighted by Crippen LogP contribution is -2.57. The first-order chi connectivity index (χ1) is 15.1. The first-order valence-corrected chi connectivity index (χ1v) is 12.7. The predicted octanol–water partition coefficient (Wildman–Crippen LogP) is 3.50. The number of aliphatic hydroxyl groups is 1. The minimum absolute atomic E-state index is 0.0488. The van der Waals surface area contributed by atoms with Gasteiger partial charge < -0.3 is 9.84 Å². The van der Waals surface area contributed by atoms with Crippen LogP contribution < -0.4 is 0 Å². The van der Waals surface area contributed by atoms with Gasteiger partial charge >= 0.3 is 5.97 Å². The van der Waals surface area contributed by atoms with Crippen molar-refractivity contribution in [3.8, 4) is 0 Å². The summed E-state index contributed by atoms with van der Waals surface area (Å²) >= 11 is 1.37. The lowest BCUT2D eigenvalue weighted by molar-refractivity contribution is -0.150. The maximum Gasteiger partial charge on any atom is 0.302 e. The molecule has 0 heterocycles. The molecule has 4 aliphatic carbocycles. The maximum atomic E-state index is 12.6. The van der Waals surface area contributed by atoms with Crippen molar-refractivity contribution in [1.82, 2.24) is 0 Å². The Morgan fingerprint density at radius 2 is 1.91 bits per heavy atom. The number of hydrogen-bond acceptors (Lipinski definition) is 7. The number of carbonyl (C=O) groups excluding carboxylic acids is 4. The van der Waals surface area contributed by atoms with E-state index in [9.17, 15) is 24.3 Å². The Morgan fingerprint density at radius 3 is 2.56 bits per heavy atom. The average Bonchev–Trinajstić information content (AvgIpc) is 3.08. The van der Waals surface area contributed by atoms with E-state index >= 15 is 0 Å². The summed E-state index contributed by atoms with van der Waals surface area (Å²) in [6.07, 6.45) is 6.95. The molecule has 0 spiro atoms. The third-order valence-corrected chi connectivity index (χ3v) is 10.2. The largest absolute Gasteiger partial charge is 0.465 e. The Bertz CT molecular complexity index is 864. The van der Waals surface area contributed by atoms with Gasteiger partial charge in [0.25, 0.3) is 0 Å². The number of carbonyl (C=O) groups is 4. The van der Waals surface area contributed by atoms with Crippen LogP contribution in [0, 0.1) is 34.5 Å². The van der Waals surface area contributed by atoms with Crippen LogP contribution in [0.1, 0.15) is 65.7 Å². The van der Waals surface area contributed by atoms with Crippen LogP contribution >= 0.6 is 11.8 Å². The van der Waals surface area contributed by atoms with Gasteiger partial charge in [-0.05, 0) is 67.8 Å². The van der Waals surface area contributed by atoms with E-state index in [2.05, 4.69) is 6.92 Å². The van der Waals surface area contributed by atoms with E-state index in [1.807, 2.05) is 0 Å². The molecule has 0 saturated heterocycles. The Labute approximate surface area is 193 Å². The zero-order valence-corrected chi connectivity index (χ0v) is 20.0. The number of esters is 1. The lowest BCUT2D eigenvalue weighted by atomic mass is 9.46. The van der Waals surface area contributed by atoms with E-state index in [4.69, 9.17) is 4.74 Å². The van der Waals surface area contributed by atoms with Crippen molar-refractivity contribution in [3.63, 3.8) is 0 Å². The van der Waals surface area contributed by atoms with Gasteiger partial charge in [-0.15, -0.1) is 0 Å². The van der Waals surface area contributed by atoms with E-state index < -0.39 is 6.61 Å². The SMILES string of the molecule is CC(=O)OC[C@]12CCC(=O)C=C1CC(SC(C)=O)[C@@H]1[C@@H]2CC[C@]2(C)[C@@H](C(=O)CO)CC[C@@H]12. The van der Waals surface area contributed by atoms with Crippen LogP contribution in [0.25, 0.3) is 0 Å². The second-order valence-electron chi connectivity index (χ2n) is 10.5. The molecule has 7 atom stereocenters. The number of Topliss-reactive ketones (excluding diaryl/α,β-unsaturated/α-hetero) is 1. The summed E-state index contributed by atoms with van der Waals surface area (Å²) in [5, 5.41) is 9.68. The molecule has 4 rings (SSSR count). The smallest absolute Gasteiger partial charge is 0.302 e. The average molecular weight is 463 g/mol. The molecule has 7 heteroatoms. The third-order valence-electron chi connectivity index (χ3n) is 9.08. The van der Waals surface area contributed by atoms with Crippen LogP contribution in [-0.4, -0.2) is 46.2 Å². The Balaban J connectivity index is 1.77. The van der Waals surface area contributed by atoms with E-state index in [1.165, 1.54) is 18.7 Å². The summed E-state index contributed by atoms with van der Waals surface area (Å²) < 4.78 is 5.60. The molecule has 6 nitrogen and oxygen atoms in total. The normalized spacial score (nSPS) is 40.6. The van der Waals surface area contributed by atoms with Gasteiger partial charge in [0.2, 0.25) is 0 Å². The fourth-order valence-corrected chi connectivity index (χ4v) is 9.01. The van der Waals surface area contributed by atoms with Gasteiger partial charge in [0.1, 0.15) is 13.2 Å². The van der Waals surface area contributed by atoms with Gasteiger partial charge in [-0.2, -0.15) is 0 Å².